The average molecular weight is 234 g/mol. The molecule has 0 saturated carbocycles. The Kier molecular flexibility index (Phi) is 2.78. The average Bonchev–Trinajstić information content (AvgIpc) is 2.69. The third kappa shape index (κ3) is 1.73. The monoisotopic (exact) mass is 234 g/mol. The van der Waals surface area contributed by atoms with Gasteiger partial charge in [0, 0.05) is 0 Å². The molecule has 2 aromatic heterocycles. The van der Waals surface area contributed by atoms with E-state index in [-0.39, 0.29) is 12.1 Å². The second-order valence-electron chi connectivity index (χ2n) is 3.34. The summed E-state index contributed by atoms with van der Waals surface area (Å²) in [6, 6.07) is 4.97. The third-order valence-electron chi connectivity index (χ3n) is 2.37. The molecule has 0 saturated heterocycles. The van der Waals surface area contributed by atoms with Crippen LogP contribution < -0.4 is 4.74 Å². The molecule has 0 aromatic carbocycles. The molecule has 88 valence electrons. The van der Waals surface area contributed by atoms with E-state index in [1.165, 1.54) is 11.5 Å². The van der Waals surface area contributed by atoms with Gasteiger partial charge in [-0.25, -0.2) is 9.78 Å². The number of imidazole rings is 1. The Morgan fingerprint density at radius 2 is 2.35 bits per heavy atom. The predicted octanol–water partition coefficient (Wildman–Crippen LogP) is 0.782. The van der Waals surface area contributed by atoms with Crippen LogP contribution in [0.4, 0.5) is 0 Å². The molecule has 6 heteroatoms. The van der Waals surface area contributed by atoms with Crippen LogP contribution in [-0.4, -0.2) is 33.9 Å². The summed E-state index contributed by atoms with van der Waals surface area (Å²) in [6.07, 6.45) is 0.710. The zero-order valence-corrected chi connectivity index (χ0v) is 9.08. The van der Waals surface area contributed by atoms with E-state index in [1.54, 1.807) is 18.2 Å². The van der Waals surface area contributed by atoms with Gasteiger partial charge in [0.05, 0.1) is 19.0 Å². The van der Waals surface area contributed by atoms with E-state index >= 15 is 0 Å². The number of methoxy groups -OCH3 is 1. The van der Waals surface area contributed by atoms with Crippen molar-refractivity contribution >= 4 is 17.8 Å². The highest BCUT2D eigenvalue weighted by Gasteiger charge is 2.18. The van der Waals surface area contributed by atoms with Crippen molar-refractivity contribution in [2.24, 2.45) is 0 Å². The van der Waals surface area contributed by atoms with Crippen molar-refractivity contribution in [2.45, 2.75) is 6.42 Å². The summed E-state index contributed by atoms with van der Waals surface area (Å²) in [5.74, 6) is -0.336. The first-order chi connectivity index (χ1) is 8.19. The summed E-state index contributed by atoms with van der Waals surface area (Å²) >= 11 is 0. The number of aldehydes is 1. The summed E-state index contributed by atoms with van der Waals surface area (Å²) in [5.41, 5.74) is 0.328. The summed E-state index contributed by atoms with van der Waals surface area (Å²) in [5, 5.41) is 9.02. The fourth-order valence-corrected chi connectivity index (χ4v) is 1.70. The number of pyridine rings is 1. The van der Waals surface area contributed by atoms with E-state index in [1.807, 2.05) is 0 Å². The largest absolute Gasteiger partial charge is 0.482 e. The lowest BCUT2D eigenvalue weighted by molar-refractivity contribution is -0.107. The van der Waals surface area contributed by atoms with E-state index in [0.717, 1.165) is 0 Å². The summed E-state index contributed by atoms with van der Waals surface area (Å²) < 4.78 is 6.65. The minimum Gasteiger partial charge on any atom is -0.482 e. The van der Waals surface area contributed by atoms with Gasteiger partial charge in [-0.2, -0.15) is 0 Å². The second kappa shape index (κ2) is 4.25. The molecule has 0 amide bonds. The number of ether oxygens (including phenoxy) is 1. The lowest BCUT2D eigenvalue weighted by Crippen LogP contribution is -1.99. The number of carboxylic acid groups (broad SMARTS) is 1. The maximum absolute atomic E-state index is 11.0. The number of carboxylic acids is 1. The fourth-order valence-electron chi connectivity index (χ4n) is 1.70. The molecular formula is C11H10N2O4. The van der Waals surface area contributed by atoms with Crippen LogP contribution in [0.1, 0.15) is 16.3 Å². The van der Waals surface area contributed by atoms with Crippen LogP contribution in [-0.2, 0) is 11.2 Å². The first-order valence-electron chi connectivity index (χ1n) is 4.90. The van der Waals surface area contributed by atoms with Crippen LogP contribution in [0.15, 0.2) is 18.2 Å². The molecular weight excluding hydrogens is 224 g/mol. The molecule has 2 rings (SSSR count). The molecule has 0 radical (unpaired) electrons. The van der Waals surface area contributed by atoms with Gasteiger partial charge in [-0.1, -0.05) is 6.07 Å². The lowest BCUT2D eigenvalue weighted by Gasteiger charge is -2.05. The zero-order valence-electron chi connectivity index (χ0n) is 9.08. The molecule has 1 N–H and O–H groups in total. The highest BCUT2D eigenvalue weighted by molar-refractivity contribution is 5.94. The molecule has 0 aliphatic rings. The van der Waals surface area contributed by atoms with E-state index in [9.17, 15) is 9.59 Å². The number of carbonyl (C=O) groups excluding carboxylic acids is 1. The third-order valence-corrected chi connectivity index (χ3v) is 2.37. The number of carbonyl (C=O) groups is 2. The van der Waals surface area contributed by atoms with E-state index in [4.69, 9.17) is 9.84 Å². The van der Waals surface area contributed by atoms with Crippen molar-refractivity contribution in [1.82, 2.24) is 9.38 Å². The molecule has 17 heavy (non-hydrogen) atoms. The van der Waals surface area contributed by atoms with Gasteiger partial charge in [0.15, 0.2) is 11.6 Å². The van der Waals surface area contributed by atoms with Crippen LogP contribution in [0.25, 0.3) is 5.52 Å². The maximum Gasteiger partial charge on any atom is 0.356 e. The van der Waals surface area contributed by atoms with Crippen LogP contribution in [0.2, 0.25) is 0 Å². The Balaban J connectivity index is 2.80. The van der Waals surface area contributed by atoms with Gasteiger partial charge < -0.3 is 14.6 Å². The number of aromatic carboxylic acids is 1. The highest BCUT2D eigenvalue weighted by Crippen LogP contribution is 2.20. The minimum atomic E-state index is -1.13. The molecule has 0 aliphatic heterocycles. The van der Waals surface area contributed by atoms with Crippen LogP contribution in [0.3, 0.4) is 0 Å². The first-order valence-corrected chi connectivity index (χ1v) is 4.90. The predicted molar refractivity (Wildman–Crippen MR) is 58.5 cm³/mol. The molecule has 0 atom stereocenters. The minimum absolute atomic E-state index is 0.0365. The number of aromatic nitrogens is 2. The quantitative estimate of drug-likeness (QED) is 0.791. The standard InChI is InChI=1S/C11H10N2O4/c1-17-9-4-2-3-7-10(11(15)16)12-8(5-6-14)13(7)9/h2-4,6H,5H2,1H3,(H,15,16). The van der Waals surface area contributed by atoms with Crippen LogP contribution >= 0.6 is 0 Å². The van der Waals surface area contributed by atoms with Crippen molar-refractivity contribution in [3.05, 3.63) is 29.7 Å². The van der Waals surface area contributed by atoms with E-state index < -0.39 is 5.97 Å². The number of rotatable bonds is 4. The smallest absolute Gasteiger partial charge is 0.356 e. The highest BCUT2D eigenvalue weighted by atomic mass is 16.5. The van der Waals surface area contributed by atoms with Gasteiger partial charge in [-0.05, 0) is 12.1 Å². The van der Waals surface area contributed by atoms with Crippen molar-refractivity contribution in [2.75, 3.05) is 7.11 Å². The summed E-state index contributed by atoms with van der Waals surface area (Å²) in [4.78, 5) is 25.5. The molecule has 0 bridgehead atoms. The molecule has 2 aromatic rings. The molecule has 6 nitrogen and oxygen atoms in total. The number of nitrogens with zero attached hydrogens (tertiary/aromatic N) is 2. The van der Waals surface area contributed by atoms with Gasteiger partial charge in [-0.15, -0.1) is 0 Å². The number of hydrogen-bond donors (Lipinski definition) is 1. The SMILES string of the molecule is COc1cccc2c(C(=O)O)nc(CC=O)n12. The fraction of sp³-hybridized carbons (Fsp3) is 0.182. The number of fused-ring (bicyclic) bond motifs is 1. The van der Waals surface area contributed by atoms with Crippen molar-refractivity contribution in [1.29, 1.82) is 0 Å². The molecule has 2 heterocycles. The van der Waals surface area contributed by atoms with Crippen molar-refractivity contribution in [3.8, 4) is 5.88 Å². The topological polar surface area (TPSA) is 80.9 Å². The van der Waals surface area contributed by atoms with Crippen molar-refractivity contribution < 1.29 is 19.4 Å². The number of hydrogen-bond acceptors (Lipinski definition) is 4. The van der Waals surface area contributed by atoms with Crippen molar-refractivity contribution in [3.63, 3.8) is 0 Å². The Morgan fingerprint density at radius 1 is 1.59 bits per heavy atom. The Hall–Kier alpha value is -2.37. The Labute approximate surface area is 96.5 Å². The lowest BCUT2D eigenvalue weighted by atomic mass is 10.3. The second-order valence-corrected chi connectivity index (χ2v) is 3.34. The Bertz CT molecular complexity index is 588. The van der Waals surface area contributed by atoms with Gasteiger partial charge >= 0.3 is 5.97 Å². The van der Waals surface area contributed by atoms with Gasteiger partial charge in [0.25, 0.3) is 0 Å². The van der Waals surface area contributed by atoms with Crippen LogP contribution in [0.5, 0.6) is 5.88 Å². The van der Waals surface area contributed by atoms with Gasteiger partial charge in [0.2, 0.25) is 0 Å². The normalized spacial score (nSPS) is 10.4. The molecule has 0 spiro atoms. The summed E-state index contributed by atoms with van der Waals surface area (Å²) in [6.45, 7) is 0. The molecule has 0 fully saturated rings. The van der Waals surface area contributed by atoms with Crippen LogP contribution in [0, 0.1) is 0 Å². The zero-order chi connectivity index (χ0) is 12.4. The van der Waals surface area contributed by atoms with E-state index in [0.29, 0.717) is 23.5 Å². The first kappa shape index (κ1) is 11.1. The van der Waals surface area contributed by atoms with E-state index in [2.05, 4.69) is 4.98 Å². The van der Waals surface area contributed by atoms with Gasteiger partial charge in [0.1, 0.15) is 12.1 Å². The molecule has 0 aliphatic carbocycles. The summed E-state index contributed by atoms with van der Waals surface area (Å²) in [7, 11) is 1.47. The molecule has 0 unspecified atom stereocenters. The Morgan fingerprint density at radius 3 is 2.94 bits per heavy atom. The maximum atomic E-state index is 11.0. The van der Waals surface area contributed by atoms with Gasteiger partial charge in [-0.3, -0.25) is 4.40 Å².